The Morgan fingerprint density at radius 1 is 0.941 bits per heavy atom. The summed E-state index contributed by atoms with van der Waals surface area (Å²) in [6.07, 6.45) is 0. The van der Waals surface area contributed by atoms with Gasteiger partial charge in [0.05, 0.1) is 5.54 Å². The molecule has 1 unspecified atom stereocenters. The van der Waals surface area contributed by atoms with E-state index in [-0.39, 0.29) is 5.54 Å². The monoisotopic (exact) mass is 227 g/mol. The number of hydrogen-bond acceptors (Lipinski definition) is 2. The molecule has 2 heteroatoms. The lowest BCUT2D eigenvalue weighted by Crippen LogP contribution is -2.37. The minimum absolute atomic E-state index is 0.313. The van der Waals surface area contributed by atoms with Crippen LogP contribution in [0.25, 0.3) is 0 Å². The summed E-state index contributed by atoms with van der Waals surface area (Å²) in [6, 6.07) is 17.5. The fourth-order valence-electron chi connectivity index (χ4n) is 2.10. The molecule has 1 atom stereocenters. The molecule has 0 amide bonds. The van der Waals surface area contributed by atoms with E-state index in [2.05, 4.69) is 24.4 Å². The number of hydrogen-bond donors (Lipinski definition) is 2. The van der Waals surface area contributed by atoms with E-state index in [1.54, 1.807) is 6.07 Å². The molecule has 0 aliphatic heterocycles. The molecule has 2 rings (SSSR count). The molecule has 0 bridgehead atoms. The van der Waals surface area contributed by atoms with Gasteiger partial charge < -0.3 is 10.4 Å². The van der Waals surface area contributed by atoms with Gasteiger partial charge >= 0.3 is 0 Å². The minimum Gasteiger partial charge on any atom is -0.508 e. The molecule has 0 saturated heterocycles. The quantitative estimate of drug-likeness (QED) is 0.845. The number of aromatic hydroxyl groups is 1. The predicted molar refractivity (Wildman–Crippen MR) is 70.1 cm³/mol. The normalized spacial score (nSPS) is 14.2. The zero-order valence-electron chi connectivity index (χ0n) is 10.1. The number of nitrogens with one attached hydrogen (secondary N) is 1. The summed E-state index contributed by atoms with van der Waals surface area (Å²) in [5.41, 5.74) is 1.63. The standard InChI is InChI=1S/C15H17NO/c1-15(16-2,12-8-4-3-5-9-12)13-10-6-7-11-14(13)17/h3-11,16-17H,1-2H3. The highest BCUT2D eigenvalue weighted by Gasteiger charge is 2.28. The molecule has 0 spiro atoms. The van der Waals surface area contributed by atoms with Gasteiger partial charge in [0.15, 0.2) is 0 Å². The third kappa shape index (κ3) is 2.04. The van der Waals surface area contributed by atoms with Crippen LogP contribution in [0.1, 0.15) is 18.1 Å². The molecule has 0 aliphatic rings. The molecule has 17 heavy (non-hydrogen) atoms. The first-order valence-corrected chi connectivity index (χ1v) is 5.71. The maximum absolute atomic E-state index is 10.00. The van der Waals surface area contributed by atoms with Gasteiger partial charge in [-0.2, -0.15) is 0 Å². The molecule has 0 heterocycles. The molecule has 0 radical (unpaired) electrons. The van der Waals surface area contributed by atoms with Crippen molar-refractivity contribution in [2.45, 2.75) is 12.5 Å². The van der Waals surface area contributed by atoms with Crippen LogP contribution >= 0.6 is 0 Å². The van der Waals surface area contributed by atoms with E-state index in [0.29, 0.717) is 5.75 Å². The van der Waals surface area contributed by atoms with Crippen molar-refractivity contribution >= 4 is 0 Å². The summed E-state index contributed by atoms with van der Waals surface area (Å²) < 4.78 is 0. The van der Waals surface area contributed by atoms with Gasteiger partial charge in [0, 0.05) is 5.56 Å². The minimum atomic E-state index is -0.382. The fourth-order valence-corrected chi connectivity index (χ4v) is 2.10. The van der Waals surface area contributed by atoms with Crippen LogP contribution in [-0.2, 0) is 5.54 Å². The van der Waals surface area contributed by atoms with Crippen LogP contribution in [0, 0.1) is 0 Å². The Hall–Kier alpha value is -1.80. The summed E-state index contributed by atoms with van der Waals surface area (Å²) in [5.74, 6) is 0.313. The Kier molecular flexibility index (Phi) is 3.16. The van der Waals surface area contributed by atoms with E-state index in [4.69, 9.17) is 0 Å². The Labute approximate surface area is 102 Å². The van der Waals surface area contributed by atoms with Gasteiger partial charge in [-0.15, -0.1) is 0 Å². The van der Waals surface area contributed by atoms with Crippen molar-refractivity contribution in [3.8, 4) is 5.75 Å². The van der Waals surface area contributed by atoms with Gasteiger partial charge in [-0.1, -0.05) is 48.5 Å². The van der Waals surface area contributed by atoms with Crippen molar-refractivity contribution in [1.82, 2.24) is 5.32 Å². The van der Waals surface area contributed by atoms with E-state index in [0.717, 1.165) is 11.1 Å². The van der Waals surface area contributed by atoms with Crippen LogP contribution in [0.5, 0.6) is 5.75 Å². The molecule has 0 aromatic heterocycles. The lowest BCUT2D eigenvalue weighted by Gasteiger charge is -2.31. The Morgan fingerprint density at radius 2 is 1.53 bits per heavy atom. The maximum Gasteiger partial charge on any atom is 0.120 e. The van der Waals surface area contributed by atoms with Crippen molar-refractivity contribution in [2.24, 2.45) is 0 Å². The highest BCUT2D eigenvalue weighted by Crippen LogP contribution is 2.34. The lowest BCUT2D eigenvalue weighted by molar-refractivity contribution is 0.422. The fraction of sp³-hybridized carbons (Fsp3) is 0.200. The second-order valence-electron chi connectivity index (χ2n) is 4.26. The van der Waals surface area contributed by atoms with Crippen LogP contribution in [0.4, 0.5) is 0 Å². The van der Waals surface area contributed by atoms with Crippen molar-refractivity contribution in [3.05, 3.63) is 65.7 Å². The number of phenols is 1. The van der Waals surface area contributed by atoms with Crippen LogP contribution in [0.3, 0.4) is 0 Å². The molecule has 2 N–H and O–H groups in total. The van der Waals surface area contributed by atoms with Gasteiger partial charge in [-0.25, -0.2) is 0 Å². The maximum atomic E-state index is 10.00. The average molecular weight is 227 g/mol. The van der Waals surface area contributed by atoms with Gasteiger partial charge in [-0.3, -0.25) is 0 Å². The molecular formula is C15H17NO. The first kappa shape index (κ1) is 11.7. The van der Waals surface area contributed by atoms with E-state index >= 15 is 0 Å². The summed E-state index contributed by atoms with van der Waals surface area (Å²) >= 11 is 0. The highest BCUT2D eigenvalue weighted by atomic mass is 16.3. The summed E-state index contributed by atoms with van der Waals surface area (Å²) in [6.45, 7) is 2.07. The van der Waals surface area contributed by atoms with Crippen molar-refractivity contribution < 1.29 is 5.11 Å². The summed E-state index contributed by atoms with van der Waals surface area (Å²) in [4.78, 5) is 0. The third-order valence-corrected chi connectivity index (χ3v) is 3.29. The first-order valence-electron chi connectivity index (χ1n) is 5.71. The third-order valence-electron chi connectivity index (χ3n) is 3.29. The van der Waals surface area contributed by atoms with E-state index < -0.39 is 0 Å². The molecule has 0 fully saturated rings. The highest BCUT2D eigenvalue weighted by molar-refractivity contribution is 5.44. The predicted octanol–water partition coefficient (Wildman–Crippen LogP) is 2.88. The summed E-state index contributed by atoms with van der Waals surface area (Å²) in [7, 11) is 1.90. The zero-order valence-corrected chi connectivity index (χ0v) is 10.1. The summed E-state index contributed by atoms with van der Waals surface area (Å²) in [5, 5.41) is 13.3. The molecule has 2 nitrogen and oxygen atoms in total. The second kappa shape index (κ2) is 4.60. The molecule has 0 saturated carbocycles. The first-order chi connectivity index (χ1) is 8.18. The lowest BCUT2D eigenvalue weighted by atomic mass is 9.84. The van der Waals surface area contributed by atoms with Crippen molar-refractivity contribution in [3.63, 3.8) is 0 Å². The molecule has 88 valence electrons. The second-order valence-corrected chi connectivity index (χ2v) is 4.26. The largest absolute Gasteiger partial charge is 0.508 e. The average Bonchev–Trinajstić information content (AvgIpc) is 2.39. The van der Waals surface area contributed by atoms with E-state index in [1.165, 1.54) is 0 Å². The topological polar surface area (TPSA) is 32.3 Å². The SMILES string of the molecule is CNC(C)(c1ccccc1)c1ccccc1O. The number of phenolic OH excluding ortho intramolecular Hbond substituents is 1. The number of rotatable bonds is 3. The van der Waals surface area contributed by atoms with Crippen molar-refractivity contribution in [1.29, 1.82) is 0 Å². The van der Waals surface area contributed by atoms with E-state index in [1.807, 2.05) is 43.4 Å². The zero-order chi connectivity index (χ0) is 12.3. The van der Waals surface area contributed by atoms with Crippen LogP contribution < -0.4 is 5.32 Å². The Morgan fingerprint density at radius 3 is 2.12 bits per heavy atom. The van der Waals surface area contributed by atoms with Crippen LogP contribution in [-0.4, -0.2) is 12.2 Å². The van der Waals surface area contributed by atoms with Crippen LogP contribution in [0.15, 0.2) is 54.6 Å². The number of para-hydroxylation sites is 1. The Balaban J connectivity index is 2.56. The number of benzene rings is 2. The molecule has 2 aromatic carbocycles. The van der Waals surface area contributed by atoms with Crippen LogP contribution in [0.2, 0.25) is 0 Å². The van der Waals surface area contributed by atoms with Gasteiger partial charge in [0.2, 0.25) is 0 Å². The Bertz CT molecular complexity index is 495. The van der Waals surface area contributed by atoms with Crippen molar-refractivity contribution in [2.75, 3.05) is 7.05 Å². The molecule has 0 aliphatic carbocycles. The van der Waals surface area contributed by atoms with Gasteiger partial charge in [0.25, 0.3) is 0 Å². The molecular weight excluding hydrogens is 210 g/mol. The smallest absolute Gasteiger partial charge is 0.120 e. The van der Waals surface area contributed by atoms with Gasteiger partial charge in [0.1, 0.15) is 5.75 Å². The van der Waals surface area contributed by atoms with Gasteiger partial charge in [-0.05, 0) is 25.6 Å². The van der Waals surface area contributed by atoms with E-state index in [9.17, 15) is 5.11 Å². The molecule has 2 aromatic rings.